The maximum Gasteiger partial charge on any atom is 0.264 e. The fourth-order valence-corrected chi connectivity index (χ4v) is 4.64. The lowest BCUT2D eigenvalue weighted by atomic mass is 10.2. The zero-order valence-electron chi connectivity index (χ0n) is 11.0. The van der Waals surface area contributed by atoms with Gasteiger partial charge in [-0.3, -0.25) is 4.72 Å². The summed E-state index contributed by atoms with van der Waals surface area (Å²) >= 11 is 13.2. The van der Waals surface area contributed by atoms with Crippen molar-refractivity contribution in [1.82, 2.24) is 4.98 Å². The van der Waals surface area contributed by atoms with Gasteiger partial charge in [-0.15, -0.1) is 11.3 Å². The van der Waals surface area contributed by atoms with Crippen LogP contribution in [0.25, 0.3) is 0 Å². The molecule has 0 aliphatic heterocycles. The van der Waals surface area contributed by atoms with E-state index in [1.165, 1.54) is 23.5 Å². The van der Waals surface area contributed by atoms with Crippen LogP contribution in [-0.4, -0.2) is 13.4 Å². The average molecular weight is 351 g/mol. The Balaban J connectivity index is 2.46. The molecule has 1 heterocycles. The molecule has 0 saturated carbocycles. The van der Waals surface area contributed by atoms with Gasteiger partial charge in [0.2, 0.25) is 0 Å². The molecule has 1 aromatic carbocycles. The maximum absolute atomic E-state index is 12.4. The van der Waals surface area contributed by atoms with Crippen molar-refractivity contribution in [3.05, 3.63) is 38.4 Å². The van der Waals surface area contributed by atoms with Crippen LogP contribution in [0.2, 0.25) is 10.0 Å². The first kappa shape index (κ1) is 15.6. The van der Waals surface area contributed by atoms with Gasteiger partial charge < -0.3 is 0 Å². The normalized spacial score (nSPS) is 11.7. The molecule has 4 nitrogen and oxygen atoms in total. The maximum atomic E-state index is 12.4. The Morgan fingerprint density at radius 3 is 2.35 bits per heavy atom. The van der Waals surface area contributed by atoms with Gasteiger partial charge in [-0.1, -0.05) is 23.2 Å². The molecular weight excluding hydrogens is 339 g/mol. The molecule has 0 atom stereocenters. The molecule has 8 heteroatoms. The summed E-state index contributed by atoms with van der Waals surface area (Å²) in [5.41, 5.74) is 1.28. The van der Waals surface area contributed by atoms with E-state index in [0.717, 1.165) is 5.01 Å². The molecule has 0 amide bonds. The third-order valence-electron chi connectivity index (χ3n) is 2.63. The largest absolute Gasteiger partial charge is 0.269 e. The number of aryl methyl sites for hydroxylation is 3. The summed E-state index contributed by atoms with van der Waals surface area (Å²) in [4.78, 5) is 4.19. The van der Waals surface area contributed by atoms with Crippen molar-refractivity contribution < 1.29 is 8.42 Å². The molecule has 0 bridgehead atoms. The van der Waals surface area contributed by atoms with Crippen LogP contribution < -0.4 is 4.72 Å². The van der Waals surface area contributed by atoms with Crippen molar-refractivity contribution in [3.63, 3.8) is 0 Å². The lowest BCUT2D eigenvalue weighted by molar-refractivity contribution is 0.601. The molecule has 0 fully saturated rings. The molecule has 0 aliphatic carbocycles. The number of nitrogens with one attached hydrogen (secondary N) is 1. The lowest BCUT2D eigenvalue weighted by Gasteiger charge is -2.10. The van der Waals surface area contributed by atoms with E-state index in [9.17, 15) is 8.42 Å². The minimum atomic E-state index is -3.76. The summed E-state index contributed by atoms with van der Waals surface area (Å²) < 4.78 is 27.3. The quantitative estimate of drug-likeness (QED) is 0.903. The van der Waals surface area contributed by atoms with E-state index in [0.29, 0.717) is 21.3 Å². The van der Waals surface area contributed by atoms with Crippen LogP contribution in [0.3, 0.4) is 0 Å². The van der Waals surface area contributed by atoms with E-state index in [4.69, 9.17) is 23.2 Å². The van der Waals surface area contributed by atoms with Gasteiger partial charge in [0, 0.05) is 5.02 Å². The van der Waals surface area contributed by atoms with E-state index in [2.05, 4.69) is 9.71 Å². The lowest BCUT2D eigenvalue weighted by Crippen LogP contribution is -2.13. The number of thiazole rings is 1. The third kappa shape index (κ3) is 3.09. The molecule has 1 aromatic heterocycles. The summed E-state index contributed by atoms with van der Waals surface area (Å²) in [6.45, 7) is 5.28. The van der Waals surface area contributed by atoms with Crippen molar-refractivity contribution in [3.8, 4) is 0 Å². The van der Waals surface area contributed by atoms with E-state index < -0.39 is 10.0 Å². The predicted octanol–water partition coefficient (Wildman–Crippen LogP) is 4.18. The van der Waals surface area contributed by atoms with Crippen LogP contribution >= 0.6 is 34.5 Å². The highest BCUT2D eigenvalue weighted by Gasteiger charge is 2.21. The van der Waals surface area contributed by atoms with Gasteiger partial charge in [0.05, 0.1) is 15.7 Å². The standard InChI is InChI=1S/C12H12Cl2N2O2S2/c1-6-4-11(10(14)5-9(6)13)20(17,18)16-12-7(2)15-8(3)19-12/h4-5,16H,1-3H3. The summed E-state index contributed by atoms with van der Waals surface area (Å²) in [5, 5.41) is 1.80. The fraction of sp³-hybridized carbons (Fsp3) is 0.250. The topological polar surface area (TPSA) is 59.1 Å². The molecular formula is C12H12Cl2N2O2S2. The van der Waals surface area contributed by atoms with Gasteiger partial charge in [0.15, 0.2) is 0 Å². The van der Waals surface area contributed by atoms with Crippen LogP contribution in [0.5, 0.6) is 0 Å². The van der Waals surface area contributed by atoms with Gasteiger partial charge in [-0.25, -0.2) is 13.4 Å². The summed E-state index contributed by atoms with van der Waals surface area (Å²) in [6.07, 6.45) is 0. The zero-order chi connectivity index (χ0) is 15.1. The Kier molecular flexibility index (Phi) is 4.30. The highest BCUT2D eigenvalue weighted by atomic mass is 35.5. The highest BCUT2D eigenvalue weighted by Crippen LogP contribution is 2.31. The molecule has 2 rings (SSSR count). The Bertz CT molecular complexity index is 770. The van der Waals surface area contributed by atoms with Gasteiger partial charge in [0.1, 0.15) is 9.90 Å². The van der Waals surface area contributed by atoms with Crippen molar-refractivity contribution in [2.24, 2.45) is 0 Å². The second-order valence-electron chi connectivity index (χ2n) is 4.28. The van der Waals surface area contributed by atoms with E-state index in [1.54, 1.807) is 13.8 Å². The first-order valence-electron chi connectivity index (χ1n) is 5.63. The minimum absolute atomic E-state index is 0.00604. The molecule has 0 saturated heterocycles. The van der Waals surface area contributed by atoms with Gasteiger partial charge in [-0.2, -0.15) is 0 Å². The van der Waals surface area contributed by atoms with Crippen molar-refractivity contribution in [2.75, 3.05) is 4.72 Å². The summed E-state index contributed by atoms with van der Waals surface area (Å²) in [7, 11) is -3.76. The van der Waals surface area contributed by atoms with Crippen molar-refractivity contribution in [1.29, 1.82) is 0 Å². The second-order valence-corrected chi connectivity index (χ2v) is 7.95. The van der Waals surface area contributed by atoms with E-state index >= 15 is 0 Å². The number of hydrogen-bond acceptors (Lipinski definition) is 4. The first-order valence-corrected chi connectivity index (χ1v) is 8.69. The Hall–Kier alpha value is -0.820. The van der Waals surface area contributed by atoms with Crippen LogP contribution in [0.4, 0.5) is 5.00 Å². The Labute approximate surface area is 131 Å². The van der Waals surface area contributed by atoms with Crippen LogP contribution in [0.15, 0.2) is 17.0 Å². The number of halogens is 2. The molecule has 0 aliphatic rings. The molecule has 20 heavy (non-hydrogen) atoms. The van der Waals surface area contributed by atoms with Gasteiger partial charge in [-0.05, 0) is 38.5 Å². The molecule has 0 spiro atoms. The number of rotatable bonds is 3. The fourth-order valence-electron chi connectivity index (χ4n) is 1.64. The number of benzene rings is 1. The number of anilines is 1. The van der Waals surface area contributed by atoms with Crippen molar-refractivity contribution in [2.45, 2.75) is 25.7 Å². The number of hydrogen-bond donors (Lipinski definition) is 1. The first-order chi connectivity index (χ1) is 9.20. The molecule has 2 aromatic rings. The van der Waals surface area contributed by atoms with E-state index in [1.807, 2.05) is 6.92 Å². The molecule has 1 N–H and O–H groups in total. The van der Waals surface area contributed by atoms with E-state index in [-0.39, 0.29) is 9.92 Å². The number of aromatic nitrogens is 1. The summed E-state index contributed by atoms with van der Waals surface area (Å²) in [6, 6.07) is 2.88. The minimum Gasteiger partial charge on any atom is -0.269 e. The third-order valence-corrected chi connectivity index (χ3v) is 5.97. The smallest absolute Gasteiger partial charge is 0.264 e. The molecule has 108 valence electrons. The molecule has 0 radical (unpaired) electrons. The monoisotopic (exact) mass is 350 g/mol. The van der Waals surface area contributed by atoms with Gasteiger partial charge in [0.25, 0.3) is 10.0 Å². The highest BCUT2D eigenvalue weighted by molar-refractivity contribution is 7.93. The van der Waals surface area contributed by atoms with Gasteiger partial charge >= 0.3 is 0 Å². The number of sulfonamides is 1. The average Bonchev–Trinajstić information content (AvgIpc) is 2.61. The number of nitrogens with zero attached hydrogens (tertiary/aromatic N) is 1. The second kappa shape index (κ2) is 5.52. The predicted molar refractivity (Wildman–Crippen MR) is 83.6 cm³/mol. The van der Waals surface area contributed by atoms with Crippen LogP contribution in [-0.2, 0) is 10.0 Å². The van der Waals surface area contributed by atoms with Crippen molar-refractivity contribution >= 4 is 49.6 Å². The SMILES string of the molecule is Cc1nc(C)c(NS(=O)(=O)c2cc(C)c(Cl)cc2Cl)s1. The van der Waals surface area contributed by atoms with Crippen LogP contribution in [0, 0.1) is 20.8 Å². The molecule has 0 unspecified atom stereocenters. The summed E-state index contributed by atoms with van der Waals surface area (Å²) in [5.74, 6) is 0. The van der Waals surface area contributed by atoms with Crippen LogP contribution in [0.1, 0.15) is 16.3 Å². The zero-order valence-corrected chi connectivity index (χ0v) is 14.1. The Morgan fingerprint density at radius 1 is 1.15 bits per heavy atom. The Morgan fingerprint density at radius 2 is 1.80 bits per heavy atom.